The van der Waals surface area contributed by atoms with Crippen LogP contribution in [-0.4, -0.2) is 72.7 Å². The molecule has 2 aromatic carbocycles. The highest BCUT2D eigenvalue weighted by Crippen LogP contribution is 2.36. The fourth-order valence-electron chi connectivity index (χ4n) is 8.12. The van der Waals surface area contributed by atoms with Crippen molar-refractivity contribution in [2.24, 2.45) is 0 Å². The molecule has 22 heteroatoms. The van der Waals surface area contributed by atoms with E-state index in [2.05, 4.69) is 45.9 Å². The number of pyridine rings is 2. The number of halogens is 6. The van der Waals surface area contributed by atoms with Crippen molar-refractivity contribution in [3.63, 3.8) is 0 Å². The van der Waals surface area contributed by atoms with Gasteiger partial charge in [-0.1, -0.05) is 12.2 Å². The number of benzene rings is 2. The van der Waals surface area contributed by atoms with Crippen LogP contribution in [-0.2, 0) is 17.1 Å². The van der Waals surface area contributed by atoms with Gasteiger partial charge in [0.15, 0.2) is 0 Å². The fraction of sp³-hybridized carbons (Fsp3) is 0.367. The third-order valence-corrected chi connectivity index (χ3v) is 11.6. The predicted octanol–water partition coefficient (Wildman–Crippen LogP) is 9.20. The number of aromatic nitrogens is 6. The van der Waals surface area contributed by atoms with Crippen LogP contribution in [0.15, 0.2) is 70.3 Å². The molecular formula is C49H54F6N12O4. The zero-order valence-corrected chi connectivity index (χ0v) is 40.0. The molecule has 0 unspecified atom stereocenters. The van der Waals surface area contributed by atoms with Gasteiger partial charge in [-0.15, -0.1) is 0 Å². The van der Waals surface area contributed by atoms with E-state index in [-0.39, 0.29) is 29.0 Å². The molecule has 0 bridgehead atoms. The number of alkyl halides is 6. The predicted molar refractivity (Wildman–Crippen MR) is 261 cm³/mol. The first-order valence-corrected chi connectivity index (χ1v) is 22.6. The van der Waals surface area contributed by atoms with Crippen LogP contribution in [0.25, 0.3) is 33.2 Å². The number of anilines is 4. The number of fused-ring (bicyclic) bond motifs is 2. The summed E-state index contributed by atoms with van der Waals surface area (Å²) in [5, 5.41) is 10.6. The first-order chi connectivity index (χ1) is 33.2. The summed E-state index contributed by atoms with van der Waals surface area (Å²) in [6.07, 6.45) is -4.55. The van der Waals surface area contributed by atoms with Gasteiger partial charge in [-0.3, -0.25) is 9.59 Å². The molecule has 0 saturated heterocycles. The number of nitrogen functional groups attached to an aromatic ring is 2. The van der Waals surface area contributed by atoms with Crippen LogP contribution in [0.5, 0.6) is 0 Å². The number of rotatable bonds is 8. The largest absolute Gasteiger partial charge is 0.444 e. The maximum Gasteiger partial charge on any atom is 0.416 e. The number of aromatic amines is 2. The van der Waals surface area contributed by atoms with E-state index >= 15 is 0 Å². The van der Waals surface area contributed by atoms with Crippen molar-refractivity contribution in [1.82, 2.24) is 40.1 Å². The summed E-state index contributed by atoms with van der Waals surface area (Å²) in [6, 6.07) is 9.14. The second-order valence-electron chi connectivity index (χ2n) is 18.4. The lowest BCUT2D eigenvalue weighted by Gasteiger charge is -2.29. The summed E-state index contributed by atoms with van der Waals surface area (Å²) in [6.45, 7) is 14.2. The Hall–Kier alpha value is -7.49. The number of nitrogens with zero attached hydrogens (tertiary/aromatic N) is 5. The monoisotopic (exact) mass is 988 g/mol. The highest BCUT2D eigenvalue weighted by molar-refractivity contribution is 5.90. The maximum atomic E-state index is 13.3. The molecule has 0 radical (unpaired) electrons. The molecule has 6 heterocycles. The minimum Gasteiger partial charge on any atom is -0.444 e. The molecule has 2 aliphatic rings. The number of carbonyl (C=O) groups is 1. The molecule has 9 N–H and O–H groups in total. The first kappa shape index (κ1) is 51.4. The van der Waals surface area contributed by atoms with Gasteiger partial charge in [-0.05, 0) is 139 Å². The molecule has 0 spiro atoms. The highest BCUT2D eigenvalue weighted by atomic mass is 19.4. The van der Waals surface area contributed by atoms with Gasteiger partial charge in [0.2, 0.25) is 0 Å². The lowest BCUT2D eigenvalue weighted by atomic mass is 9.99. The fourth-order valence-corrected chi connectivity index (χ4v) is 8.12. The van der Waals surface area contributed by atoms with Gasteiger partial charge in [0.1, 0.15) is 40.2 Å². The van der Waals surface area contributed by atoms with E-state index in [0.717, 1.165) is 42.0 Å². The van der Waals surface area contributed by atoms with Crippen molar-refractivity contribution in [2.75, 3.05) is 48.3 Å². The Labute approximate surface area is 403 Å². The summed E-state index contributed by atoms with van der Waals surface area (Å²) >= 11 is 0. The Morgan fingerprint density at radius 3 is 1.55 bits per heavy atom. The van der Waals surface area contributed by atoms with Gasteiger partial charge >= 0.3 is 18.4 Å². The van der Waals surface area contributed by atoms with Crippen molar-refractivity contribution in [3.8, 4) is 0 Å². The van der Waals surface area contributed by atoms with E-state index in [4.69, 9.17) is 16.2 Å². The highest BCUT2D eigenvalue weighted by Gasteiger charge is 2.33. The molecule has 0 aliphatic carbocycles. The van der Waals surface area contributed by atoms with Crippen molar-refractivity contribution in [2.45, 2.75) is 91.3 Å². The van der Waals surface area contributed by atoms with Gasteiger partial charge < -0.3 is 47.0 Å². The smallest absolute Gasteiger partial charge is 0.416 e. The molecule has 8 rings (SSSR count). The van der Waals surface area contributed by atoms with Crippen molar-refractivity contribution in [3.05, 3.63) is 126 Å². The number of carbonyl (C=O) groups excluding carboxylic acids is 1. The van der Waals surface area contributed by atoms with Gasteiger partial charge in [0, 0.05) is 42.1 Å². The normalized spacial score (nSPS) is 15.3. The molecule has 0 saturated carbocycles. The van der Waals surface area contributed by atoms with Crippen LogP contribution >= 0.6 is 0 Å². The molecule has 1 amide bonds. The SMILES string of the molecule is Cc1nc(N[C@H](C)c2cc(N)cc(C(F)(F)F)c2)c2cc(C3=CCN(C(=O)OC(C)(C)C)CC3)c(=O)[nH]c2n1.Cc1nc(N[C@H](C)c2cc(N)cc(C(F)(F)F)c2)c2cc(C3=CCNCC3)c(=O)[nH]c2n1. The number of H-pyrrole nitrogens is 2. The molecule has 6 aromatic rings. The van der Waals surface area contributed by atoms with E-state index < -0.39 is 47.3 Å². The topological polar surface area (TPSA) is 235 Å². The molecular weight excluding hydrogens is 935 g/mol. The molecule has 376 valence electrons. The Morgan fingerprint density at radius 1 is 0.690 bits per heavy atom. The average molecular weight is 989 g/mol. The number of ether oxygens (including phenoxy) is 1. The molecule has 2 atom stereocenters. The van der Waals surface area contributed by atoms with Gasteiger partial charge in [-0.25, -0.2) is 24.7 Å². The standard InChI is InChI=1S/C27H31F3N6O3.C22H23F3N6O/c1-14(17-10-18(27(28,29)30)12-19(31)11-17)32-22-21-13-20(24(37)35-23(21)34-15(2)33-22)16-6-8-36(9-7-16)25(38)39-26(3,4)5;1-11(14-7-15(22(23,24)25)9-16(26)8-14)28-19-18-10-17(13-3-5-27-6-4-13)21(32)31-20(18)30-12(2)29-19/h6,10-14H,7-9,31H2,1-5H3,(H2,32,33,34,35,37);3,7-11,27H,4-6,26H2,1-2H3,(H2,28,29,30,31,32)/t14-;11-/m11/s1. The van der Waals surface area contributed by atoms with Crippen LogP contribution < -0.4 is 38.5 Å². The van der Waals surface area contributed by atoms with Crippen molar-refractivity contribution in [1.29, 1.82) is 0 Å². The third-order valence-electron chi connectivity index (χ3n) is 11.6. The Kier molecular flexibility index (Phi) is 14.5. The summed E-state index contributed by atoms with van der Waals surface area (Å²) in [5.41, 5.74) is 12.6. The second-order valence-corrected chi connectivity index (χ2v) is 18.4. The summed E-state index contributed by atoms with van der Waals surface area (Å²) in [4.78, 5) is 62.7. The lowest BCUT2D eigenvalue weighted by molar-refractivity contribution is -0.138. The zero-order valence-electron chi connectivity index (χ0n) is 40.0. The third kappa shape index (κ3) is 12.5. The molecule has 71 heavy (non-hydrogen) atoms. The summed E-state index contributed by atoms with van der Waals surface area (Å²) in [5.74, 6) is 1.56. The average Bonchev–Trinajstić information content (AvgIpc) is 3.27. The van der Waals surface area contributed by atoms with E-state index in [1.165, 1.54) is 12.1 Å². The number of aryl methyl sites for hydroxylation is 2. The molecule has 0 fully saturated rings. The second kappa shape index (κ2) is 20.1. The quantitative estimate of drug-likeness (QED) is 0.0557. The van der Waals surface area contributed by atoms with E-state index in [1.54, 1.807) is 71.6 Å². The van der Waals surface area contributed by atoms with Crippen LogP contribution in [0.1, 0.15) is 105 Å². The summed E-state index contributed by atoms with van der Waals surface area (Å²) < 4.78 is 85.1. The van der Waals surface area contributed by atoms with Crippen LogP contribution in [0.3, 0.4) is 0 Å². The van der Waals surface area contributed by atoms with Gasteiger partial charge in [-0.2, -0.15) is 26.3 Å². The zero-order chi connectivity index (χ0) is 51.7. The lowest BCUT2D eigenvalue weighted by Crippen LogP contribution is -2.39. The van der Waals surface area contributed by atoms with Crippen LogP contribution in [0.2, 0.25) is 0 Å². The Balaban J connectivity index is 0.000000213. The number of hydrogen-bond acceptors (Lipinski definition) is 13. The molecule has 16 nitrogen and oxygen atoms in total. The first-order valence-electron chi connectivity index (χ1n) is 22.6. The van der Waals surface area contributed by atoms with Gasteiger partial charge in [0.25, 0.3) is 11.1 Å². The molecule has 2 aliphatic heterocycles. The number of amides is 1. The number of nitrogens with two attached hydrogens (primary N) is 2. The summed E-state index contributed by atoms with van der Waals surface area (Å²) in [7, 11) is 0. The number of hydrogen-bond donors (Lipinski definition) is 7. The minimum atomic E-state index is -4.54. The minimum absolute atomic E-state index is 0.00604. The Bertz CT molecular complexity index is 3200. The Morgan fingerprint density at radius 2 is 1.15 bits per heavy atom. The van der Waals surface area contributed by atoms with E-state index in [9.17, 15) is 40.7 Å². The van der Waals surface area contributed by atoms with Gasteiger partial charge in [0.05, 0.1) is 34.0 Å². The number of nitrogens with one attached hydrogen (secondary N) is 5. The van der Waals surface area contributed by atoms with E-state index in [0.29, 0.717) is 93.5 Å². The van der Waals surface area contributed by atoms with Crippen LogP contribution in [0.4, 0.5) is 54.1 Å². The van der Waals surface area contributed by atoms with Crippen LogP contribution in [0, 0.1) is 13.8 Å². The van der Waals surface area contributed by atoms with Crippen molar-refractivity contribution < 1.29 is 35.9 Å². The van der Waals surface area contributed by atoms with E-state index in [1.807, 2.05) is 6.08 Å². The van der Waals surface area contributed by atoms with Crippen molar-refractivity contribution >= 4 is 62.3 Å². The maximum absolute atomic E-state index is 13.3. The molecule has 4 aromatic heterocycles.